The number of nitrogens with zero attached hydrogens (tertiary/aromatic N) is 4. The van der Waals surface area contributed by atoms with Crippen LogP contribution in [0.15, 0.2) is 47.8 Å². The minimum Gasteiger partial charge on any atom is -0.383 e. The van der Waals surface area contributed by atoms with Gasteiger partial charge in [0.05, 0.1) is 39.4 Å². The van der Waals surface area contributed by atoms with E-state index >= 15 is 0 Å². The first-order valence-electron chi connectivity index (χ1n) is 11.7. The molecular formula is C25H28ClFN8. The highest BCUT2D eigenvalue weighted by atomic mass is 35.5. The molecule has 2 atom stereocenters. The molecule has 1 aliphatic carbocycles. The lowest BCUT2D eigenvalue weighted by molar-refractivity contribution is 0.628. The average molecular weight is 495 g/mol. The summed E-state index contributed by atoms with van der Waals surface area (Å²) in [5, 5.41) is 15.9. The van der Waals surface area contributed by atoms with Crippen LogP contribution >= 0.6 is 11.6 Å². The molecule has 1 aromatic carbocycles. The molecule has 10 heteroatoms. The molecule has 0 aliphatic heterocycles. The Bertz CT molecular complexity index is 1410. The molecule has 0 saturated heterocycles. The van der Waals surface area contributed by atoms with Gasteiger partial charge in [0, 0.05) is 41.7 Å². The van der Waals surface area contributed by atoms with Crippen molar-refractivity contribution in [3.63, 3.8) is 0 Å². The van der Waals surface area contributed by atoms with Crippen molar-refractivity contribution in [1.82, 2.24) is 19.8 Å². The van der Waals surface area contributed by atoms with Crippen LogP contribution in [0.3, 0.4) is 0 Å². The van der Waals surface area contributed by atoms with Gasteiger partial charge >= 0.3 is 0 Å². The molecule has 1 aliphatic rings. The van der Waals surface area contributed by atoms with Crippen LogP contribution in [0.5, 0.6) is 0 Å². The second kappa shape index (κ2) is 9.31. The van der Waals surface area contributed by atoms with E-state index in [9.17, 15) is 4.39 Å². The lowest BCUT2D eigenvalue weighted by atomic mass is 10.0. The van der Waals surface area contributed by atoms with Crippen LogP contribution in [0.2, 0.25) is 5.02 Å². The minimum absolute atomic E-state index is 0.160. The van der Waals surface area contributed by atoms with Crippen molar-refractivity contribution in [3.8, 4) is 11.1 Å². The lowest BCUT2D eigenvalue weighted by Gasteiger charge is -2.18. The second-order valence-electron chi connectivity index (χ2n) is 9.34. The van der Waals surface area contributed by atoms with Gasteiger partial charge in [0.2, 0.25) is 0 Å². The molecule has 6 N–H and O–H groups in total. The molecule has 0 radical (unpaired) electrons. The van der Waals surface area contributed by atoms with Crippen LogP contribution < -0.4 is 16.8 Å². The van der Waals surface area contributed by atoms with E-state index in [1.807, 2.05) is 16.9 Å². The van der Waals surface area contributed by atoms with Crippen molar-refractivity contribution in [3.05, 3.63) is 65.0 Å². The third-order valence-corrected chi connectivity index (χ3v) is 6.73. The van der Waals surface area contributed by atoms with Crippen LogP contribution in [0.1, 0.15) is 50.3 Å². The summed E-state index contributed by atoms with van der Waals surface area (Å²) in [6, 6.07) is 6.41. The number of aliphatic imine (C=N–C) groups is 1. The molecule has 3 heterocycles. The Morgan fingerprint density at radius 2 is 2.14 bits per heavy atom. The van der Waals surface area contributed by atoms with Gasteiger partial charge in [-0.25, -0.2) is 13.9 Å². The minimum atomic E-state index is -0.440. The zero-order valence-electron chi connectivity index (χ0n) is 19.6. The summed E-state index contributed by atoms with van der Waals surface area (Å²) in [5.41, 5.74) is 18.1. The number of H-pyrrole nitrogens is 1. The molecule has 5 rings (SSSR count). The molecule has 8 nitrogen and oxygen atoms in total. The molecule has 0 spiro atoms. The topological polar surface area (TPSA) is 122 Å². The van der Waals surface area contributed by atoms with E-state index in [0.717, 1.165) is 47.3 Å². The fourth-order valence-corrected chi connectivity index (χ4v) is 4.79. The van der Waals surface area contributed by atoms with Gasteiger partial charge in [-0.05, 0) is 43.4 Å². The van der Waals surface area contributed by atoms with Gasteiger partial charge in [0.25, 0.3) is 0 Å². The largest absolute Gasteiger partial charge is 0.383 e. The first kappa shape index (κ1) is 23.3. The number of aromatic nitrogens is 4. The summed E-state index contributed by atoms with van der Waals surface area (Å²) in [5.74, 6) is 0.00972. The molecule has 0 bridgehead atoms. The predicted octanol–water partition coefficient (Wildman–Crippen LogP) is 4.97. The number of hydrogen-bond acceptors (Lipinski definition) is 5. The van der Waals surface area contributed by atoms with Gasteiger partial charge in [-0.15, -0.1) is 0 Å². The summed E-state index contributed by atoms with van der Waals surface area (Å²) in [6.45, 7) is 4.22. The highest BCUT2D eigenvalue weighted by Crippen LogP contribution is 2.34. The van der Waals surface area contributed by atoms with E-state index in [0.29, 0.717) is 10.6 Å². The number of halogens is 2. The van der Waals surface area contributed by atoms with Gasteiger partial charge in [0.15, 0.2) is 0 Å². The van der Waals surface area contributed by atoms with Crippen molar-refractivity contribution in [2.75, 3.05) is 5.32 Å². The van der Waals surface area contributed by atoms with E-state index in [4.69, 9.17) is 23.1 Å². The van der Waals surface area contributed by atoms with Crippen molar-refractivity contribution in [2.45, 2.75) is 51.1 Å². The zero-order chi connectivity index (χ0) is 24.7. The van der Waals surface area contributed by atoms with Gasteiger partial charge in [-0.1, -0.05) is 25.4 Å². The highest BCUT2D eigenvalue weighted by molar-refractivity contribution is 6.33. The van der Waals surface area contributed by atoms with Gasteiger partial charge in [-0.3, -0.25) is 5.10 Å². The SMILES string of the molecule is CC(C)c1n[nH]cc1-c1cc2c(N[C@H]3CC[C@@H](N)C3)c(C(N)=Nc3cc(F)ccc3Cl)cnn2c1. The van der Waals surface area contributed by atoms with E-state index in [2.05, 4.69) is 45.5 Å². The van der Waals surface area contributed by atoms with Crippen molar-refractivity contribution >= 4 is 34.3 Å². The number of nitrogens with two attached hydrogens (primary N) is 2. The van der Waals surface area contributed by atoms with E-state index in [1.54, 1.807) is 6.20 Å². The number of fused-ring (bicyclic) bond motifs is 1. The highest BCUT2D eigenvalue weighted by Gasteiger charge is 2.25. The summed E-state index contributed by atoms with van der Waals surface area (Å²) in [6.07, 6.45) is 8.30. The number of nitrogens with one attached hydrogen (secondary N) is 2. The summed E-state index contributed by atoms with van der Waals surface area (Å²) < 4.78 is 15.6. The number of aromatic amines is 1. The Hall–Kier alpha value is -3.43. The second-order valence-corrected chi connectivity index (χ2v) is 9.75. The quantitative estimate of drug-likeness (QED) is 0.222. The summed E-state index contributed by atoms with van der Waals surface area (Å²) >= 11 is 6.23. The van der Waals surface area contributed by atoms with Gasteiger partial charge in [0.1, 0.15) is 11.7 Å². The third kappa shape index (κ3) is 4.61. The number of amidine groups is 1. The van der Waals surface area contributed by atoms with E-state index in [-0.39, 0.29) is 29.5 Å². The van der Waals surface area contributed by atoms with E-state index in [1.165, 1.54) is 18.2 Å². The first-order valence-corrected chi connectivity index (χ1v) is 12.0. The fraction of sp³-hybridized carbons (Fsp3) is 0.320. The zero-order valence-corrected chi connectivity index (χ0v) is 20.4. The standard InChI is InChI=1S/C25H28ClFN8/c1-13(2)23-18(10-30-34-23)14-7-22-24(32-17-5-4-16(28)9-17)19(11-31-35(22)12-14)25(29)33-21-8-15(27)3-6-20(21)26/h3,6-8,10-13,16-17,32H,4-5,9,28H2,1-2H3,(H2,29,33)(H,30,34)/t16-,17+/m1/s1. The maximum atomic E-state index is 13.8. The molecule has 0 unspecified atom stereocenters. The molecular weight excluding hydrogens is 467 g/mol. The number of anilines is 1. The number of rotatable bonds is 6. The Labute approximate surface area is 207 Å². The Morgan fingerprint density at radius 1 is 1.31 bits per heavy atom. The first-order chi connectivity index (χ1) is 16.8. The number of hydrogen-bond donors (Lipinski definition) is 4. The molecule has 1 fully saturated rings. The average Bonchev–Trinajstić information content (AvgIpc) is 3.55. The molecule has 1 saturated carbocycles. The number of benzene rings is 1. The predicted molar refractivity (Wildman–Crippen MR) is 138 cm³/mol. The molecule has 3 aromatic heterocycles. The van der Waals surface area contributed by atoms with Crippen LogP contribution in [0.4, 0.5) is 15.8 Å². The Kier molecular flexibility index (Phi) is 6.21. The van der Waals surface area contributed by atoms with E-state index < -0.39 is 5.82 Å². The van der Waals surface area contributed by atoms with Crippen molar-refractivity contribution in [1.29, 1.82) is 0 Å². The van der Waals surface area contributed by atoms with Crippen molar-refractivity contribution in [2.24, 2.45) is 16.5 Å². The van der Waals surface area contributed by atoms with Crippen LogP contribution in [-0.4, -0.2) is 37.7 Å². The van der Waals surface area contributed by atoms with Gasteiger partial charge < -0.3 is 16.8 Å². The monoisotopic (exact) mass is 494 g/mol. The van der Waals surface area contributed by atoms with Crippen LogP contribution in [0, 0.1) is 5.82 Å². The lowest BCUT2D eigenvalue weighted by Crippen LogP contribution is -2.24. The van der Waals surface area contributed by atoms with Gasteiger partial charge in [-0.2, -0.15) is 10.2 Å². The maximum Gasteiger partial charge on any atom is 0.135 e. The Balaban J connectivity index is 1.64. The molecule has 35 heavy (non-hydrogen) atoms. The smallest absolute Gasteiger partial charge is 0.135 e. The normalized spacial score (nSPS) is 18.6. The molecule has 0 amide bonds. The Morgan fingerprint density at radius 3 is 2.89 bits per heavy atom. The summed E-state index contributed by atoms with van der Waals surface area (Å²) in [7, 11) is 0. The fourth-order valence-electron chi connectivity index (χ4n) is 4.63. The van der Waals surface area contributed by atoms with Crippen LogP contribution in [0.25, 0.3) is 16.6 Å². The van der Waals surface area contributed by atoms with Crippen molar-refractivity contribution < 1.29 is 4.39 Å². The molecule has 182 valence electrons. The van der Waals surface area contributed by atoms with Crippen LogP contribution in [-0.2, 0) is 0 Å². The molecule has 4 aromatic rings. The summed E-state index contributed by atoms with van der Waals surface area (Å²) in [4.78, 5) is 4.43. The third-order valence-electron chi connectivity index (χ3n) is 6.41. The maximum absolute atomic E-state index is 13.8.